The lowest BCUT2D eigenvalue weighted by atomic mass is 10.2. The molecule has 0 radical (unpaired) electrons. The molecule has 0 N–H and O–H groups in total. The maximum atomic E-state index is 13.8. The van der Waals surface area contributed by atoms with E-state index in [2.05, 4.69) is 28.8 Å². The zero-order valence-electron chi connectivity index (χ0n) is 20.4. The Hall–Kier alpha value is -3.30. The number of pyridine rings is 1. The number of aromatic nitrogens is 4. The van der Waals surface area contributed by atoms with Gasteiger partial charge in [-0.05, 0) is 64.3 Å². The van der Waals surface area contributed by atoms with Gasteiger partial charge in [-0.15, -0.1) is 5.10 Å². The molecular weight excluding hydrogens is 430 g/mol. The fourth-order valence-electron chi connectivity index (χ4n) is 4.36. The molecule has 0 saturated carbocycles. The molecule has 0 saturated heterocycles. The molecule has 180 valence electrons. The van der Waals surface area contributed by atoms with E-state index in [0.717, 1.165) is 25.9 Å². The van der Waals surface area contributed by atoms with Crippen LogP contribution in [-0.4, -0.2) is 75.3 Å². The topological polar surface area (TPSA) is 79.5 Å². The number of nitrogens with zero attached hydrogens (tertiary/aromatic N) is 7. The molecule has 0 spiro atoms. The third kappa shape index (κ3) is 4.53. The van der Waals surface area contributed by atoms with Gasteiger partial charge < -0.3 is 4.90 Å². The van der Waals surface area contributed by atoms with Crippen LogP contribution in [0.15, 0.2) is 47.4 Å². The van der Waals surface area contributed by atoms with Crippen LogP contribution in [0.25, 0.3) is 17.1 Å². The van der Waals surface area contributed by atoms with E-state index in [1.54, 1.807) is 15.7 Å². The monoisotopic (exact) mass is 463 g/mol. The van der Waals surface area contributed by atoms with E-state index < -0.39 is 0 Å². The number of carbonyl (C=O) groups excluding carboxylic acids is 1. The summed E-state index contributed by atoms with van der Waals surface area (Å²) in [7, 11) is 3.93. The Morgan fingerprint density at radius 1 is 0.971 bits per heavy atom. The maximum Gasteiger partial charge on any atom is 0.350 e. The van der Waals surface area contributed by atoms with Gasteiger partial charge in [-0.3, -0.25) is 14.6 Å². The van der Waals surface area contributed by atoms with Crippen molar-refractivity contribution < 1.29 is 4.79 Å². The molecule has 1 aliphatic rings. The summed E-state index contributed by atoms with van der Waals surface area (Å²) in [6, 6.07) is 11.2. The summed E-state index contributed by atoms with van der Waals surface area (Å²) in [6.45, 7) is 7.37. The minimum Gasteiger partial charge on any atom is -0.308 e. The van der Waals surface area contributed by atoms with Gasteiger partial charge in [0.25, 0.3) is 0 Å². The van der Waals surface area contributed by atoms with Crippen molar-refractivity contribution >= 4 is 17.4 Å². The highest BCUT2D eigenvalue weighted by Crippen LogP contribution is 2.40. The lowest BCUT2D eigenvalue weighted by Crippen LogP contribution is -2.39. The Morgan fingerprint density at radius 2 is 1.68 bits per heavy atom. The van der Waals surface area contributed by atoms with Gasteiger partial charge >= 0.3 is 5.69 Å². The van der Waals surface area contributed by atoms with Gasteiger partial charge in [-0.1, -0.05) is 26.0 Å². The van der Waals surface area contributed by atoms with Crippen molar-refractivity contribution in [2.24, 2.45) is 0 Å². The Balaban J connectivity index is 1.87. The zero-order chi connectivity index (χ0) is 24.2. The van der Waals surface area contributed by atoms with Crippen LogP contribution in [0.4, 0.5) is 11.5 Å². The van der Waals surface area contributed by atoms with Gasteiger partial charge in [0.1, 0.15) is 0 Å². The van der Waals surface area contributed by atoms with Crippen molar-refractivity contribution in [2.75, 3.05) is 45.2 Å². The number of likely N-dealkylation sites (N-methyl/N-ethyl adjacent to an activating group) is 1. The molecule has 1 aliphatic heterocycles. The molecule has 34 heavy (non-hydrogen) atoms. The van der Waals surface area contributed by atoms with Gasteiger partial charge in [-0.2, -0.15) is 0 Å². The second-order valence-electron chi connectivity index (χ2n) is 8.84. The smallest absolute Gasteiger partial charge is 0.308 e. The summed E-state index contributed by atoms with van der Waals surface area (Å²) in [5.74, 6) is 0.915. The normalized spacial score (nSPS) is 12.5. The fourth-order valence-corrected chi connectivity index (χ4v) is 4.36. The Morgan fingerprint density at radius 3 is 2.35 bits per heavy atom. The first kappa shape index (κ1) is 23.8. The van der Waals surface area contributed by atoms with E-state index in [-0.39, 0.29) is 18.1 Å². The Bertz CT molecular complexity index is 1210. The summed E-state index contributed by atoms with van der Waals surface area (Å²) >= 11 is 0. The number of anilines is 2. The first-order valence-corrected chi connectivity index (χ1v) is 11.9. The number of hydrogen-bond donors (Lipinski definition) is 0. The Labute approximate surface area is 200 Å². The van der Waals surface area contributed by atoms with Gasteiger partial charge in [0.15, 0.2) is 11.6 Å². The second-order valence-corrected chi connectivity index (χ2v) is 8.84. The predicted octanol–water partition coefficient (Wildman–Crippen LogP) is 2.76. The van der Waals surface area contributed by atoms with Crippen LogP contribution < -0.4 is 10.6 Å². The highest BCUT2D eigenvalue weighted by molar-refractivity contribution is 6.06. The molecule has 4 rings (SSSR count). The standard InChI is InChI=1S/C25H33N7O2/c1-5-14-29(15-6-2)18-22(33)31-20-11-7-8-12-21(20)32-24(19-10-9-13-26-23(19)31)27-30(25(32)34)17-16-28(3)4/h7-13H,5-6,14-18H2,1-4H3. The summed E-state index contributed by atoms with van der Waals surface area (Å²) in [5, 5.41) is 4.69. The largest absolute Gasteiger partial charge is 0.350 e. The predicted molar refractivity (Wildman–Crippen MR) is 134 cm³/mol. The van der Waals surface area contributed by atoms with Crippen LogP contribution in [0.2, 0.25) is 0 Å². The minimum absolute atomic E-state index is 0.0759. The van der Waals surface area contributed by atoms with Crippen molar-refractivity contribution in [1.29, 1.82) is 0 Å². The molecule has 1 aromatic carbocycles. The molecule has 3 aromatic rings. The molecule has 0 bridgehead atoms. The molecule has 9 nitrogen and oxygen atoms in total. The molecule has 9 heteroatoms. The van der Waals surface area contributed by atoms with Gasteiger partial charge in [0.2, 0.25) is 5.91 Å². The molecular formula is C25H33N7O2. The average molecular weight is 464 g/mol. The maximum absolute atomic E-state index is 13.8. The van der Waals surface area contributed by atoms with E-state index in [1.807, 2.05) is 55.4 Å². The summed E-state index contributed by atoms with van der Waals surface area (Å²) < 4.78 is 3.10. The van der Waals surface area contributed by atoms with Gasteiger partial charge in [0, 0.05) is 12.7 Å². The van der Waals surface area contributed by atoms with E-state index >= 15 is 0 Å². The SMILES string of the molecule is CCCN(CCC)CC(=O)N1c2ccccc2-n2c(nn(CCN(C)C)c2=O)-c2cccnc21. The first-order valence-electron chi connectivity index (χ1n) is 11.9. The second kappa shape index (κ2) is 10.3. The van der Waals surface area contributed by atoms with Crippen LogP contribution >= 0.6 is 0 Å². The van der Waals surface area contributed by atoms with E-state index in [0.29, 0.717) is 41.7 Å². The Kier molecular flexibility index (Phi) is 7.23. The van der Waals surface area contributed by atoms with Crippen LogP contribution in [-0.2, 0) is 11.3 Å². The summed E-state index contributed by atoms with van der Waals surface area (Å²) in [6.07, 6.45) is 3.62. The lowest BCUT2D eigenvalue weighted by Gasteiger charge is -2.27. The van der Waals surface area contributed by atoms with Crippen molar-refractivity contribution in [3.05, 3.63) is 53.1 Å². The molecule has 3 heterocycles. The number of para-hydroxylation sites is 2. The van der Waals surface area contributed by atoms with Crippen LogP contribution in [0.3, 0.4) is 0 Å². The highest BCUT2D eigenvalue weighted by Gasteiger charge is 2.33. The number of carbonyl (C=O) groups is 1. The minimum atomic E-state index is -0.230. The number of fused-ring (bicyclic) bond motifs is 5. The molecule has 0 unspecified atom stereocenters. The number of rotatable bonds is 9. The third-order valence-electron chi connectivity index (χ3n) is 5.89. The van der Waals surface area contributed by atoms with Crippen LogP contribution in [0.1, 0.15) is 26.7 Å². The number of benzene rings is 1. The van der Waals surface area contributed by atoms with E-state index in [9.17, 15) is 9.59 Å². The van der Waals surface area contributed by atoms with Crippen molar-refractivity contribution in [1.82, 2.24) is 29.1 Å². The zero-order valence-corrected chi connectivity index (χ0v) is 20.4. The van der Waals surface area contributed by atoms with Gasteiger partial charge in [0.05, 0.1) is 30.0 Å². The molecule has 0 atom stereocenters. The van der Waals surface area contributed by atoms with E-state index in [1.165, 1.54) is 4.68 Å². The number of amides is 1. The molecule has 2 aromatic heterocycles. The van der Waals surface area contributed by atoms with Crippen molar-refractivity contribution in [2.45, 2.75) is 33.2 Å². The van der Waals surface area contributed by atoms with Crippen molar-refractivity contribution in [3.8, 4) is 17.1 Å². The fraction of sp³-hybridized carbons (Fsp3) is 0.440. The lowest BCUT2D eigenvalue weighted by molar-refractivity contribution is -0.119. The van der Waals surface area contributed by atoms with Crippen LogP contribution in [0, 0.1) is 0 Å². The van der Waals surface area contributed by atoms with Gasteiger partial charge in [-0.25, -0.2) is 19.0 Å². The first-order chi connectivity index (χ1) is 16.5. The van der Waals surface area contributed by atoms with Crippen LogP contribution in [0.5, 0.6) is 0 Å². The molecule has 0 fully saturated rings. The van der Waals surface area contributed by atoms with Crippen molar-refractivity contribution in [3.63, 3.8) is 0 Å². The highest BCUT2D eigenvalue weighted by atomic mass is 16.2. The average Bonchev–Trinajstić information content (AvgIpc) is 3.08. The summed E-state index contributed by atoms with van der Waals surface area (Å²) in [4.78, 5) is 37.7. The summed E-state index contributed by atoms with van der Waals surface area (Å²) in [5.41, 5.74) is 1.69. The molecule has 0 aliphatic carbocycles. The number of hydrogen-bond acceptors (Lipinski definition) is 6. The quantitative estimate of drug-likeness (QED) is 0.486. The molecule has 1 amide bonds. The third-order valence-corrected chi connectivity index (χ3v) is 5.89. The van der Waals surface area contributed by atoms with E-state index in [4.69, 9.17) is 0 Å².